The SMILES string of the molecule is Cc1ccccc1CNC(=O)Cc1ccc2oc(=O)n(C)c2c1. The second-order valence-electron chi connectivity index (χ2n) is 5.61. The highest BCUT2D eigenvalue weighted by molar-refractivity contribution is 5.81. The topological polar surface area (TPSA) is 64.2 Å². The molecule has 2 aromatic carbocycles. The molecule has 0 saturated heterocycles. The van der Waals surface area contributed by atoms with Gasteiger partial charge >= 0.3 is 5.76 Å². The van der Waals surface area contributed by atoms with Gasteiger partial charge in [-0.25, -0.2) is 4.79 Å². The van der Waals surface area contributed by atoms with Crippen LogP contribution in [-0.4, -0.2) is 10.5 Å². The van der Waals surface area contributed by atoms with Crippen LogP contribution in [0, 0.1) is 6.92 Å². The van der Waals surface area contributed by atoms with Gasteiger partial charge in [-0.05, 0) is 35.7 Å². The summed E-state index contributed by atoms with van der Waals surface area (Å²) in [5.41, 5.74) is 4.33. The molecule has 1 heterocycles. The third-order valence-electron chi connectivity index (χ3n) is 3.96. The van der Waals surface area contributed by atoms with Crippen LogP contribution in [0.5, 0.6) is 0 Å². The molecule has 0 aliphatic heterocycles. The van der Waals surface area contributed by atoms with Crippen LogP contribution < -0.4 is 11.1 Å². The van der Waals surface area contributed by atoms with Gasteiger partial charge in [0.15, 0.2) is 5.58 Å². The van der Waals surface area contributed by atoms with E-state index >= 15 is 0 Å². The Morgan fingerprint density at radius 3 is 2.78 bits per heavy atom. The molecule has 1 N–H and O–H groups in total. The summed E-state index contributed by atoms with van der Waals surface area (Å²) in [5, 5.41) is 2.93. The fraction of sp³-hybridized carbons (Fsp3) is 0.222. The monoisotopic (exact) mass is 310 g/mol. The molecule has 0 bridgehead atoms. The Morgan fingerprint density at radius 2 is 2.00 bits per heavy atom. The Morgan fingerprint density at radius 1 is 1.22 bits per heavy atom. The van der Waals surface area contributed by atoms with Crippen molar-refractivity contribution in [2.24, 2.45) is 7.05 Å². The first kappa shape index (κ1) is 15.1. The van der Waals surface area contributed by atoms with Crippen LogP contribution in [0.2, 0.25) is 0 Å². The highest BCUT2D eigenvalue weighted by atomic mass is 16.4. The van der Waals surface area contributed by atoms with Crippen molar-refractivity contribution in [3.63, 3.8) is 0 Å². The van der Waals surface area contributed by atoms with E-state index in [0.717, 1.165) is 16.7 Å². The molecule has 3 rings (SSSR count). The number of hydrogen-bond donors (Lipinski definition) is 1. The number of aromatic nitrogens is 1. The van der Waals surface area contributed by atoms with Crippen molar-refractivity contribution < 1.29 is 9.21 Å². The molecule has 0 saturated carbocycles. The average Bonchev–Trinajstić information content (AvgIpc) is 2.81. The van der Waals surface area contributed by atoms with Crippen LogP contribution in [0.3, 0.4) is 0 Å². The zero-order valence-electron chi connectivity index (χ0n) is 13.1. The van der Waals surface area contributed by atoms with E-state index in [4.69, 9.17) is 4.42 Å². The van der Waals surface area contributed by atoms with Gasteiger partial charge in [-0.3, -0.25) is 9.36 Å². The lowest BCUT2D eigenvalue weighted by molar-refractivity contribution is -0.120. The standard InChI is InChI=1S/C18H18N2O3/c1-12-5-3-4-6-14(12)11-19-17(21)10-13-7-8-16-15(9-13)20(2)18(22)23-16/h3-9H,10-11H2,1-2H3,(H,19,21). The quantitative estimate of drug-likeness (QED) is 0.804. The lowest BCUT2D eigenvalue weighted by atomic mass is 10.1. The average molecular weight is 310 g/mol. The molecule has 0 fully saturated rings. The molecule has 0 radical (unpaired) electrons. The first-order valence-corrected chi connectivity index (χ1v) is 7.44. The van der Waals surface area contributed by atoms with Gasteiger partial charge in [0.2, 0.25) is 5.91 Å². The second-order valence-corrected chi connectivity index (χ2v) is 5.61. The summed E-state index contributed by atoms with van der Waals surface area (Å²) in [6.45, 7) is 2.53. The maximum absolute atomic E-state index is 12.1. The Balaban J connectivity index is 1.69. The Kier molecular flexibility index (Phi) is 4.02. The van der Waals surface area contributed by atoms with Gasteiger partial charge in [-0.2, -0.15) is 0 Å². The van der Waals surface area contributed by atoms with E-state index < -0.39 is 5.76 Å². The van der Waals surface area contributed by atoms with Crippen LogP contribution >= 0.6 is 0 Å². The minimum absolute atomic E-state index is 0.0545. The minimum Gasteiger partial charge on any atom is -0.408 e. The molecule has 23 heavy (non-hydrogen) atoms. The van der Waals surface area contributed by atoms with E-state index in [2.05, 4.69) is 5.32 Å². The number of oxazole rings is 1. The molecule has 0 unspecified atom stereocenters. The maximum Gasteiger partial charge on any atom is 0.419 e. The highest BCUT2D eigenvalue weighted by Gasteiger charge is 2.09. The molecular formula is C18H18N2O3. The zero-order valence-corrected chi connectivity index (χ0v) is 13.1. The van der Waals surface area contributed by atoms with Crippen molar-refractivity contribution in [1.82, 2.24) is 9.88 Å². The van der Waals surface area contributed by atoms with Gasteiger partial charge in [-0.15, -0.1) is 0 Å². The fourth-order valence-corrected chi connectivity index (χ4v) is 2.53. The van der Waals surface area contributed by atoms with Crippen molar-refractivity contribution in [3.05, 3.63) is 69.7 Å². The molecule has 5 heteroatoms. The van der Waals surface area contributed by atoms with E-state index in [0.29, 0.717) is 17.6 Å². The fourth-order valence-electron chi connectivity index (χ4n) is 2.53. The van der Waals surface area contributed by atoms with Crippen LogP contribution in [0.1, 0.15) is 16.7 Å². The second kappa shape index (κ2) is 6.12. The number of carbonyl (C=O) groups excluding carboxylic acids is 1. The first-order valence-electron chi connectivity index (χ1n) is 7.44. The van der Waals surface area contributed by atoms with Gasteiger partial charge in [0, 0.05) is 13.6 Å². The molecule has 0 aliphatic carbocycles. The molecule has 0 aliphatic rings. The molecular weight excluding hydrogens is 292 g/mol. The summed E-state index contributed by atoms with van der Waals surface area (Å²) < 4.78 is 6.52. The lowest BCUT2D eigenvalue weighted by Crippen LogP contribution is -2.24. The van der Waals surface area contributed by atoms with Gasteiger partial charge in [0.25, 0.3) is 0 Å². The van der Waals surface area contributed by atoms with Gasteiger partial charge < -0.3 is 9.73 Å². The number of nitrogens with one attached hydrogen (secondary N) is 1. The van der Waals surface area contributed by atoms with Gasteiger partial charge in [-0.1, -0.05) is 30.3 Å². The Hall–Kier alpha value is -2.82. The van der Waals surface area contributed by atoms with Crippen molar-refractivity contribution in [2.45, 2.75) is 19.9 Å². The van der Waals surface area contributed by atoms with E-state index in [1.165, 1.54) is 4.57 Å². The Labute approximate surface area is 133 Å². The number of carbonyl (C=O) groups is 1. The molecule has 0 atom stereocenters. The predicted octanol–water partition coefficient (Wildman–Crippen LogP) is 2.30. The third-order valence-corrected chi connectivity index (χ3v) is 3.96. The zero-order chi connectivity index (χ0) is 16.4. The summed E-state index contributed by atoms with van der Waals surface area (Å²) >= 11 is 0. The molecule has 5 nitrogen and oxygen atoms in total. The first-order chi connectivity index (χ1) is 11.0. The van der Waals surface area contributed by atoms with Crippen LogP contribution in [0.4, 0.5) is 0 Å². The van der Waals surface area contributed by atoms with Crippen LogP contribution in [0.25, 0.3) is 11.1 Å². The van der Waals surface area contributed by atoms with E-state index in [-0.39, 0.29) is 12.3 Å². The highest BCUT2D eigenvalue weighted by Crippen LogP contribution is 2.14. The minimum atomic E-state index is -0.402. The predicted molar refractivity (Wildman–Crippen MR) is 88.2 cm³/mol. The van der Waals surface area contributed by atoms with Crippen LogP contribution in [0.15, 0.2) is 51.7 Å². The Bertz CT molecular complexity index is 921. The number of hydrogen-bond acceptors (Lipinski definition) is 3. The number of fused-ring (bicyclic) bond motifs is 1. The number of benzene rings is 2. The largest absolute Gasteiger partial charge is 0.419 e. The van der Waals surface area contributed by atoms with Crippen molar-refractivity contribution in [1.29, 1.82) is 0 Å². The van der Waals surface area contributed by atoms with Gasteiger partial charge in [0.1, 0.15) is 0 Å². The maximum atomic E-state index is 12.1. The molecule has 118 valence electrons. The number of aryl methyl sites for hydroxylation is 2. The van der Waals surface area contributed by atoms with E-state index in [9.17, 15) is 9.59 Å². The summed E-state index contributed by atoms with van der Waals surface area (Å²) in [5.74, 6) is -0.456. The number of amides is 1. The molecule has 1 aromatic heterocycles. The molecule has 1 amide bonds. The molecule has 3 aromatic rings. The van der Waals surface area contributed by atoms with Crippen LogP contribution in [-0.2, 0) is 24.8 Å². The normalized spacial score (nSPS) is 10.9. The van der Waals surface area contributed by atoms with E-state index in [1.54, 1.807) is 19.2 Å². The van der Waals surface area contributed by atoms with Gasteiger partial charge in [0.05, 0.1) is 11.9 Å². The lowest BCUT2D eigenvalue weighted by Gasteiger charge is -2.08. The van der Waals surface area contributed by atoms with Crippen molar-refractivity contribution in [3.8, 4) is 0 Å². The summed E-state index contributed by atoms with van der Waals surface area (Å²) in [7, 11) is 1.65. The summed E-state index contributed by atoms with van der Waals surface area (Å²) in [6.07, 6.45) is 0.265. The van der Waals surface area contributed by atoms with Crippen molar-refractivity contribution >= 4 is 17.0 Å². The smallest absolute Gasteiger partial charge is 0.408 e. The van der Waals surface area contributed by atoms with Crippen molar-refractivity contribution in [2.75, 3.05) is 0 Å². The number of rotatable bonds is 4. The summed E-state index contributed by atoms with van der Waals surface area (Å²) in [6, 6.07) is 13.3. The third kappa shape index (κ3) is 3.18. The van der Waals surface area contributed by atoms with E-state index in [1.807, 2.05) is 37.3 Å². The molecule has 0 spiro atoms. The summed E-state index contributed by atoms with van der Waals surface area (Å²) in [4.78, 5) is 23.6. The number of nitrogens with zero attached hydrogens (tertiary/aromatic N) is 1.